The highest BCUT2D eigenvalue weighted by Gasteiger charge is 2.31. The lowest BCUT2D eigenvalue weighted by molar-refractivity contribution is -0.385. The van der Waals surface area contributed by atoms with Gasteiger partial charge in [-0.3, -0.25) is 14.9 Å². The van der Waals surface area contributed by atoms with Crippen molar-refractivity contribution in [2.45, 2.75) is 62.8 Å². The van der Waals surface area contributed by atoms with Gasteiger partial charge in [0, 0.05) is 36.7 Å². The summed E-state index contributed by atoms with van der Waals surface area (Å²) in [6.07, 6.45) is 6.42. The van der Waals surface area contributed by atoms with Crippen LogP contribution in [-0.4, -0.2) is 43.3 Å². The van der Waals surface area contributed by atoms with Crippen molar-refractivity contribution >= 4 is 21.6 Å². The molecule has 1 aromatic rings. The summed E-state index contributed by atoms with van der Waals surface area (Å²) in [5, 5.41) is 11.1. The van der Waals surface area contributed by atoms with Crippen LogP contribution >= 0.6 is 0 Å². The third kappa shape index (κ3) is 4.70. The molecule has 1 saturated heterocycles. The predicted molar refractivity (Wildman–Crippen MR) is 104 cm³/mol. The molecule has 1 heterocycles. The molecular formula is C19H27N3O5S. The normalized spacial score (nSPS) is 19.5. The average Bonchev–Trinajstić information content (AvgIpc) is 2.68. The Kier molecular flexibility index (Phi) is 6.34. The fourth-order valence-corrected chi connectivity index (χ4v) is 5.39. The van der Waals surface area contributed by atoms with Gasteiger partial charge in [0.25, 0.3) is 5.69 Å². The molecule has 1 N–H and O–H groups in total. The first-order chi connectivity index (χ1) is 13.3. The number of aryl methyl sites for hydroxylation is 1. The van der Waals surface area contributed by atoms with Crippen molar-refractivity contribution < 1.29 is 18.1 Å². The van der Waals surface area contributed by atoms with Crippen molar-refractivity contribution in [3.63, 3.8) is 0 Å². The van der Waals surface area contributed by atoms with Crippen LogP contribution in [0.5, 0.6) is 0 Å². The fraction of sp³-hybridized carbons (Fsp3) is 0.632. The maximum absolute atomic E-state index is 12.6. The SMILES string of the molecule is Cc1ccc(S(=O)(=O)NC2CCN(C(=O)C3CCCCC3)CC2)cc1[N+](=O)[O-]. The third-order valence-corrected chi connectivity index (χ3v) is 7.29. The quantitative estimate of drug-likeness (QED) is 0.594. The molecule has 0 atom stereocenters. The molecule has 1 aliphatic heterocycles. The van der Waals surface area contributed by atoms with Crippen molar-refractivity contribution in [1.29, 1.82) is 0 Å². The summed E-state index contributed by atoms with van der Waals surface area (Å²) in [4.78, 5) is 24.9. The van der Waals surface area contributed by atoms with E-state index < -0.39 is 14.9 Å². The van der Waals surface area contributed by atoms with Crippen LogP contribution in [0.15, 0.2) is 23.1 Å². The lowest BCUT2D eigenvalue weighted by atomic mass is 9.87. The molecule has 2 fully saturated rings. The van der Waals surface area contributed by atoms with E-state index in [1.807, 2.05) is 4.90 Å². The molecule has 0 spiro atoms. The van der Waals surface area contributed by atoms with Gasteiger partial charge in [-0.15, -0.1) is 0 Å². The Labute approximate surface area is 165 Å². The minimum atomic E-state index is -3.85. The van der Waals surface area contributed by atoms with E-state index in [0.29, 0.717) is 31.5 Å². The van der Waals surface area contributed by atoms with Crippen molar-refractivity contribution in [2.75, 3.05) is 13.1 Å². The molecule has 154 valence electrons. The molecule has 0 aromatic heterocycles. The Morgan fingerprint density at radius 3 is 2.39 bits per heavy atom. The molecule has 0 radical (unpaired) electrons. The summed E-state index contributed by atoms with van der Waals surface area (Å²) < 4.78 is 27.9. The number of amides is 1. The number of sulfonamides is 1. The van der Waals surface area contributed by atoms with Crippen LogP contribution in [0, 0.1) is 23.0 Å². The van der Waals surface area contributed by atoms with Crippen molar-refractivity contribution in [3.05, 3.63) is 33.9 Å². The number of carbonyl (C=O) groups excluding carboxylic acids is 1. The monoisotopic (exact) mass is 409 g/mol. The molecule has 2 aliphatic rings. The van der Waals surface area contributed by atoms with Gasteiger partial charge in [-0.2, -0.15) is 0 Å². The molecule has 1 amide bonds. The van der Waals surface area contributed by atoms with Crippen LogP contribution in [0.25, 0.3) is 0 Å². The Morgan fingerprint density at radius 1 is 1.14 bits per heavy atom. The number of nitro groups is 1. The largest absolute Gasteiger partial charge is 0.342 e. The average molecular weight is 410 g/mol. The first-order valence-electron chi connectivity index (χ1n) is 9.84. The second-order valence-electron chi connectivity index (χ2n) is 7.76. The zero-order valence-electron chi connectivity index (χ0n) is 16.1. The standard InChI is InChI=1S/C19H27N3O5S/c1-14-7-8-17(13-18(14)22(24)25)28(26,27)20-16-9-11-21(12-10-16)19(23)15-5-3-2-4-6-15/h7-8,13,15-16,20H,2-6,9-12H2,1H3. The second-order valence-corrected chi connectivity index (χ2v) is 9.48. The minimum absolute atomic E-state index is 0.106. The second kappa shape index (κ2) is 8.57. The summed E-state index contributed by atoms with van der Waals surface area (Å²) in [5.41, 5.74) is 0.203. The molecule has 1 saturated carbocycles. The molecule has 28 heavy (non-hydrogen) atoms. The van der Waals surface area contributed by atoms with Crippen LogP contribution in [-0.2, 0) is 14.8 Å². The van der Waals surface area contributed by atoms with E-state index in [1.54, 1.807) is 6.92 Å². The molecule has 8 nitrogen and oxygen atoms in total. The predicted octanol–water partition coefficient (Wildman–Crippen LogP) is 2.75. The molecular weight excluding hydrogens is 382 g/mol. The van der Waals surface area contributed by atoms with E-state index >= 15 is 0 Å². The number of piperidine rings is 1. The number of hydrogen-bond acceptors (Lipinski definition) is 5. The van der Waals surface area contributed by atoms with Gasteiger partial charge in [0.15, 0.2) is 0 Å². The first kappa shape index (κ1) is 20.7. The van der Waals surface area contributed by atoms with Crippen LogP contribution in [0.4, 0.5) is 5.69 Å². The Morgan fingerprint density at radius 2 is 1.79 bits per heavy atom. The van der Waals surface area contributed by atoms with Crippen molar-refractivity contribution in [3.8, 4) is 0 Å². The number of hydrogen-bond donors (Lipinski definition) is 1. The topological polar surface area (TPSA) is 110 Å². The highest BCUT2D eigenvalue weighted by molar-refractivity contribution is 7.89. The maximum Gasteiger partial charge on any atom is 0.273 e. The van der Waals surface area contributed by atoms with Gasteiger partial charge in [0.05, 0.1) is 9.82 Å². The van der Waals surface area contributed by atoms with Crippen molar-refractivity contribution in [2.24, 2.45) is 5.92 Å². The van der Waals surface area contributed by atoms with E-state index in [1.165, 1.54) is 18.6 Å². The summed E-state index contributed by atoms with van der Waals surface area (Å²) in [7, 11) is -3.85. The molecule has 0 unspecified atom stereocenters. The van der Waals surface area contributed by atoms with E-state index in [4.69, 9.17) is 0 Å². The summed E-state index contributed by atoms with van der Waals surface area (Å²) in [6.45, 7) is 2.65. The zero-order chi connectivity index (χ0) is 20.3. The van der Waals surface area contributed by atoms with Crippen LogP contribution in [0.2, 0.25) is 0 Å². The molecule has 9 heteroatoms. The fourth-order valence-electron chi connectivity index (χ4n) is 4.07. The smallest absolute Gasteiger partial charge is 0.273 e. The number of carbonyl (C=O) groups is 1. The summed E-state index contributed by atoms with van der Waals surface area (Å²) >= 11 is 0. The van der Waals surface area contributed by atoms with E-state index in [2.05, 4.69) is 4.72 Å². The molecule has 0 bridgehead atoms. The number of likely N-dealkylation sites (tertiary alicyclic amines) is 1. The Balaban J connectivity index is 1.60. The number of nitro benzene ring substituents is 1. The van der Waals surface area contributed by atoms with Crippen molar-refractivity contribution in [1.82, 2.24) is 9.62 Å². The van der Waals surface area contributed by atoms with E-state index in [9.17, 15) is 23.3 Å². The van der Waals surface area contributed by atoms with Gasteiger partial charge in [-0.05, 0) is 38.7 Å². The zero-order valence-corrected chi connectivity index (χ0v) is 16.9. The third-order valence-electron chi connectivity index (χ3n) is 5.77. The molecule has 1 aliphatic carbocycles. The van der Waals surface area contributed by atoms with E-state index in [0.717, 1.165) is 31.7 Å². The van der Waals surface area contributed by atoms with Gasteiger partial charge in [0.2, 0.25) is 15.9 Å². The highest BCUT2D eigenvalue weighted by Crippen LogP contribution is 2.27. The van der Waals surface area contributed by atoms with Gasteiger partial charge >= 0.3 is 0 Å². The Bertz CT molecular complexity index is 841. The Hall–Kier alpha value is -2.00. The highest BCUT2D eigenvalue weighted by atomic mass is 32.2. The lowest BCUT2D eigenvalue weighted by Gasteiger charge is -2.35. The van der Waals surface area contributed by atoms with Crippen LogP contribution < -0.4 is 4.72 Å². The van der Waals surface area contributed by atoms with Crippen LogP contribution in [0.3, 0.4) is 0 Å². The maximum atomic E-state index is 12.6. The molecule has 3 rings (SSSR count). The molecule has 1 aromatic carbocycles. The van der Waals surface area contributed by atoms with Gasteiger partial charge in [0.1, 0.15) is 0 Å². The van der Waals surface area contributed by atoms with Gasteiger partial charge in [-0.25, -0.2) is 13.1 Å². The van der Waals surface area contributed by atoms with E-state index in [-0.39, 0.29) is 28.4 Å². The number of nitrogens with one attached hydrogen (secondary N) is 1. The minimum Gasteiger partial charge on any atom is -0.342 e. The summed E-state index contributed by atoms with van der Waals surface area (Å²) in [5.74, 6) is 0.324. The summed E-state index contributed by atoms with van der Waals surface area (Å²) in [6, 6.07) is 3.64. The number of rotatable bonds is 5. The number of benzene rings is 1. The lowest BCUT2D eigenvalue weighted by Crippen LogP contribution is -2.48. The van der Waals surface area contributed by atoms with Crippen LogP contribution in [0.1, 0.15) is 50.5 Å². The van der Waals surface area contributed by atoms with Gasteiger partial charge < -0.3 is 4.90 Å². The van der Waals surface area contributed by atoms with Gasteiger partial charge in [-0.1, -0.05) is 25.3 Å². The number of nitrogens with zero attached hydrogens (tertiary/aromatic N) is 2. The first-order valence-corrected chi connectivity index (χ1v) is 11.3.